The van der Waals surface area contributed by atoms with Gasteiger partial charge in [0.05, 0.1) is 50.8 Å². The van der Waals surface area contributed by atoms with Gasteiger partial charge in [-0.1, -0.05) is 12.1 Å². The fraction of sp³-hybridized carbons (Fsp3) is 0.250. The summed E-state index contributed by atoms with van der Waals surface area (Å²) in [6.45, 7) is 4.40. The molecule has 0 radical (unpaired) electrons. The van der Waals surface area contributed by atoms with Crippen molar-refractivity contribution in [1.29, 1.82) is 0 Å². The maximum atomic E-state index is 12.5. The van der Waals surface area contributed by atoms with E-state index in [0.717, 1.165) is 6.26 Å². The highest BCUT2D eigenvalue weighted by atomic mass is 16.7. The lowest BCUT2D eigenvalue weighted by molar-refractivity contribution is -0.383. The molecule has 0 N–H and O–H groups in total. The van der Waals surface area contributed by atoms with E-state index in [1.807, 2.05) is 13.8 Å². The Hall–Kier alpha value is -4.42. The van der Waals surface area contributed by atoms with E-state index in [-0.39, 0.29) is 28.4 Å². The van der Waals surface area contributed by atoms with Gasteiger partial charge in [-0.05, 0) is 38.1 Å². The third-order valence-electron chi connectivity index (χ3n) is 5.57. The number of fused-ring (bicyclic) bond motifs is 2. The molecule has 4 aromatic rings. The second-order valence-electron chi connectivity index (χ2n) is 8.42. The first kappa shape index (κ1) is 24.7. The fourth-order valence-electron chi connectivity index (χ4n) is 3.97. The first-order valence-corrected chi connectivity index (χ1v) is 10.8. The lowest BCUT2D eigenvalue weighted by Crippen LogP contribution is -2.29. The Morgan fingerprint density at radius 3 is 2.11 bits per heavy atom. The molecule has 2 aromatic heterocycles. The van der Waals surface area contributed by atoms with Gasteiger partial charge < -0.3 is 18.5 Å². The fourth-order valence-corrected chi connectivity index (χ4v) is 3.97. The average molecular weight is 495 g/mol. The number of pyridine rings is 1. The van der Waals surface area contributed by atoms with Crippen LogP contribution in [0.5, 0.6) is 0 Å². The van der Waals surface area contributed by atoms with Crippen LogP contribution >= 0.6 is 0 Å². The highest BCUT2D eigenvalue weighted by Crippen LogP contribution is 2.25. The molecule has 36 heavy (non-hydrogen) atoms. The van der Waals surface area contributed by atoms with E-state index in [4.69, 9.17) is 9.47 Å². The highest BCUT2D eigenvalue weighted by Gasteiger charge is 2.33. The van der Waals surface area contributed by atoms with Crippen LogP contribution in [0.25, 0.3) is 21.5 Å². The summed E-state index contributed by atoms with van der Waals surface area (Å²) in [6.07, 6.45) is 2.49. The van der Waals surface area contributed by atoms with E-state index in [1.165, 1.54) is 41.0 Å². The maximum Gasteiger partial charge on any atom is 0.343 e. The van der Waals surface area contributed by atoms with Crippen LogP contribution in [0.3, 0.4) is 0 Å². The Kier molecular flexibility index (Phi) is 6.64. The van der Waals surface area contributed by atoms with Gasteiger partial charge in [0, 0.05) is 18.3 Å². The van der Waals surface area contributed by atoms with Gasteiger partial charge in [0.1, 0.15) is 6.10 Å². The summed E-state index contributed by atoms with van der Waals surface area (Å²) in [5, 5.41) is 22.8. The van der Waals surface area contributed by atoms with Crippen molar-refractivity contribution in [1.82, 2.24) is 4.57 Å². The van der Waals surface area contributed by atoms with Gasteiger partial charge in [0.15, 0.2) is 5.79 Å². The summed E-state index contributed by atoms with van der Waals surface area (Å²) < 4.78 is 17.3. The Labute approximate surface area is 202 Å². The second-order valence-corrected chi connectivity index (χ2v) is 8.42. The molecule has 5 rings (SSSR count). The monoisotopic (exact) mass is 495 g/mol. The molecule has 1 fully saturated rings. The van der Waals surface area contributed by atoms with Gasteiger partial charge in [-0.25, -0.2) is 4.79 Å². The number of rotatable bonds is 4. The molecule has 3 heterocycles. The lowest BCUT2D eigenvalue weighted by atomic mass is 10.1. The molecule has 2 aromatic carbocycles. The summed E-state index contributed by atoms with van der Waals surface area (Å²) in [6, 6.07) is 11.8. The van der Waals surface area contributed by atoms with Crippen LogP contribution in [-0.2, 0) is 16.0 Å². The first-order chi connectivity index (χ1) is 17.1. The number of benzene rings is 2. The van der Waals surface area contributed by atoms with Crippen LogP contribution < -0.4 is 11.2 Å². The van der Waals surface area contributed by atoms with Crippen molar-refractivity contribution in [3.8, 4) is 0 Å². The molecule has 1 saturated heterocycles. The average Bonchev–Trinajstić information content (AvgIpc) is 3.19. The number of aromatic nitrogens is 1. The molecular formula is C24H21N3O9. The number of hydrogen-bond donors (Lipinski definition) is 0. The van der Waals surface area contributed by atoms with Crippen molar-refractivity contribution < 1.29 is 23.7 Å². The third-order valence-corrected chi connectivity index (χ3v) is 5.57. The standard InChI is InChI=1S/C15H16N2O5.C9H5NO4/c1-15(2)21-9-10(22-15)8-16-7-6-11-12(14(16)18)4-3-5-13(11)17(19)20;11-9-7-2-1-3-8(10(12)13)6(7)4-5-14-9/h3-7,10H,8-9H2,1-2H3;1-5H. The van der Waals surface area contributed by atoms with E-state index in [1.54, 1.807) is 18.3 Å². The highest BCUT2D eigenvalue weighted by molar-refractivity contribution is 5.90. The number of hydrogen-bond acceptors (Lipinski definition) is 9. The summed E-state index contributed by atoms with van der Waals surface area (Å²) in [5.74, 6) is -0.649. The van der Waals surface area contributed by atoms with E-state index in [0.29, 0.717) is 29.3 Å². The summed E-state index contributed by atoms with van der Waals surface area (Å²) in [7, 11) is 0. The second kappa shape index (κ2) is 9.68. The van der Waals surface area contributed by atoms with Crippen LogP contribution in [0, 0.1) is 20.2 Å². The van der Waals surface area contributed by atoms with Crippen LogP contribution in [-0.4, -0.2) is 32.9 Å². The molecular weight excluding hydrogens is 474 g/mol. The predicted octanol–water partition coefficient (Wildman–Crippen LogP) is 3.76. The molecule has 12 nitrogen and oxygen atoms in total. The van der Waals surface area contributed by atoms with E-state index in [9.17, 15) is 29.8 Å². The molecule has 0 aliphatic carbocycles. The molecule has 12 heteroatoms. The van der Waals surface area contributed by atoms with Crippen molar-refractivity contribution in [2.75, 3.05) is 6.61 Å². The topological polar surface area (TPSA) is 157 Å². The van der Waals surface area contributed by atoms with Gasteiger partial charge >= 0.3 is 5.63 Å². The number of nitrogens with zero attached hydrogens (tertiary/aromatic N) is 3. The molecule has 0 spiro atoms. The Bertz CT molecular complexity index is 1590. The van der Waals surface area contributed by atoms with Crippen molar-refractivity contribution in [2.24, 2.45) is 0 Å². The third kappa shape index (κ3) is 4.99. The largest absolute Gasteiger partial charge is 0.431 e. The molecule has 186 valence electrons. The van der Waals surface area contributed by atoms with Gasteiger partial charge in [0.2, 0.25) is 0 Å². The zero-order chi connectivity index (χ0) is 26.0. The van der Waals surface area contributed by atoms with Gasteiger partial charge in [0.25, 0.3) is 16.9 Å². The smallest absolute Gasteiger partial charge is 0.343 e. The number of nitro groups is 2. The van der Waals surface area contributed by atoms with Crippen LogP contribution in [0.15, 0.2) is 75.0 Å². The quantitative estimate of drug-likeness (QED) is 0.304. The molecule has 0 amide bonds. The summed E-state index contributed by atoms with van der Waals surface area (Å²) >= 11 is 0. The van der Waals surface area contributed by atoms with E-state index in [2.05, 4.69) is 4.42 Å². The van der Waals surface area contributed by atoms with Gasteiger partial charge in [-0.15, -0.1) is 0 Å². The molecule has 1 aliphatic rings. The minimum atomic E-state index is -0.649. The Morgan fingerprint density at radius 1 is 0.917 bits per heavy atom. The number of nitro benzene ring substituents is 2. The normalized spacial score (nSPS) is 16.4. The first-order valence-electron chi connectivity index (χ1n) is 10.8. The minimum absolute atomic E-state index is 0.0664. The van der Waals surface area contributed by atoms with Crippen LogP contribution in [0.4, 0.5) is 11.4 Å². The van der Waals surface area contributed by atoms with Crippen LogP contribution in [0.2, 0.25) is 0 Å². The maximum absolute atomic E-state index is 12.5. The van der Waals surface area contributed by atoms with E-state index >= 15 is 0 Å². The summed E-state index contributed by atoms with van der Waals surface area (Å²) in [4.78, 5) is 44.3. The van der Waals surface area contributed by atoms with Crippen molar-refractivity contribution in [3.63, 3.8) is 0 Å². The van der Waals surface area contributed by atoms with Crippen molar-refractivity contribution in [3.05, 3.63) is 102 Å². The van der Waals surface area contributed by atoms with Crippen molar-refractivity contribution in [2.45, 2.75) is 32.3 Å². The SMILES string of the molecule is CC1(C)OCC(Cn2ccc3c([N+](=O)[O-])cccc3c2=O)O1.O=c1occc2c([N+](=O)[O-])cccc12. The number of ether oxygens (including phenoxy) is 2. The zero-order valence-corrected chi connectivity index (χ0v) is 19.3. The lowest BCUT2D eigenvalue weighted by Gasteiger charge is -2.17. The molecule has 0 bridgehead atoms. The van der Waals surface area contributed by atoms with Crippen LogP contribution in [0.1, 0.15) is 13.8 Å². The summed E-state index contributed by atoms with van der Waals surface area (Å²) in [5.41, 5.74) is -0.987. The van der Waals surface area contributed by atoms with E-state index < -0.39 is 21.3 Å². The Balaban J connectivity index is 0.000000187. The Morgan fingerprint density at radius 2 is 1.53 bits per heavy atom. The van der Waals surface area contributed by atoms with Gasteiger partial charge in [-0.2, -0.15) is 0 Å². The molecule has 0 saturated carbocycles. The van der Waals surface area contributed by atoms with Gasteiger partial charge in [-0.3, -0.25) is 25.0 Å². The zero-order valence-electron chi connectivity index (χ0n) is 19.3. The molecule has 1 atom stereocenters. The molecule has 1 aliphatic heterocycles. The minimum Gasteiger partial charge on any atom is -0.431 e. The van der Waals surface area contributed by atoms with Crippen molar-refractivity contribution >= 4 is 32.9 Å². The molecule has 1 unspecified atom stereocenters. The predicted molar refractivity (Wildman–Crippen MR) is 129 cm³/mol. The number of non-ortho nitro benzene ring substituents is 2.